The molecule has 0 spiro atoms. The molecule has 19 heavy (non-hydrogen) atoms. The largest absolute Gasteiger partial charge is 0.496 e. The molecule has 0 bridgehead atoms. The van der Waals surface area contributed by atoms with Gasteiger partial charge in [0.05, 0.1) is 13.7 Å². The van der Waals surface area contributed by atoms with Crippen molar-refractivity contribution in [3.63, 3.8) is 0 Å². The molecule has 0 amide bonds. The Morgan fingerprint density at radius 2 is 2.11 bits per heavy atom. The van der Waals surface area contributed by atoms with Crippen LogP contribution in [0.5, 0.6) is 5.75 Å². The molecule has 0 aliphatic rings. The van der Waals surface area contributed by atoms with Crippen molar-refractivity contribution in [2.24, 2.45) is 0 Å². The number of aliphatic hydroxyl groups excluding tert-OH is 1. The van der Waals surface area contributed by atoms with Gasteiger partial charge in [-0.2, -0.15) is 0 Å². The van der Waals surface area contributed by atoms with Gasteiger partial charge in [0.25, 0.3) is 0 Å². The maximum atomic E-state index is 11.6. The summed E-state index contributed by atoms with van der Waals surface area (Å²) in [5.41, 5.74) is 1.58. The van der Waals surface area contributed by atoms with Gasteiger partial charge in [0.15, 0.2) is 6.10 Å². The number of benzene rings is 1. The Hall–Kier alpha value is -1.20. The van der Waals surface area contributed by atoms with Crippen LogP contribution in [0.1, 0.15) is 31.1 Å². The SMILES string of the molecule is CCOC(=O)C(O)c1cc(OC)c(CC)cc1SC. The van der Waals surface area contributed by atoms with Crippen molar-refractivity contribution in [3.05, 3.63) is 23.3 Å². The lowest BCUT2D eigenvalue weighted by Crippen LogP contribution is -2.16. The predicted molar refractivity (Wildman–Crippen MR) is 75.7 cm³/mol. The van der Waals surface area contributed by atoms with Crippen LogP contribution in [0.25, 0.3) is 0 Å². The van der Waals surface area contributed by atoms with Crippen LogP contribution >= 0.6 is 11.8 Å². The van der Waals surface area contributed by atoms with Gasteiger partial charge in [-0.15, -0.1) is 11.8 Å². The minimum atomic E-state index is -1.28. The van der Waals surface area contributed by atoms with Crippen molar-refractivity contribution in [3.8, 4) is 5.75 Å². The first-order valence-electron chi connectivity index (χ1n) is 6.18. The molecule has 1 N–H and O–H groups in total. The number of hydrogen-bond donors (Lipinski definition) is 1. The Bertz CT molecular complexity index is 445. The molecule has 0 radical (unpaired) electrons. The number of esters is 1. The third kappa shape index (κ3) is 3.64. The average molecular weight is 284 g/mol. The van der Waals surface area contributed by atoms with Crippen LogP contribution in [-0.4, -0.2) is 31.0 Å². The van der Waals surface area contributed by atoms with Crippen LogP contribution in [0.2, 0.25) is 0 Å². The van der Waals surface area contributed by atoms with Crippen LogP contribution in [-0.2, 0) is 16.0 Å². The van der Waals surface area contributed by atoms with E-state index in [2.05, 4.69) is 0 Å². The van der Waals surface area contributed by atoms with Gasteiger partial charge in [-0.1, -0.05) is 6.92 Å². The number of rotatable bonds is 6. The number of ether oxygens (including phenoxy) is 2. The molecule has 0 saturated carbocycles. The lowest BCUT2D eigenvalue weighted by Gasteiger charge is -2.17. The highest BCUT2D eigenvalue weighted by Gasteiger charge is 2.23. The van der Waals surface area contributed by atoms with Crippen LogP contribution in [0.3, 0.4) is 0 Å². The molecule has 1 unspecified atom stereocenters. The zero-order valence-electron chi connectivity index (χ0n) is 11.7. The second-order valence-corrected chi connectivity index (χ2v) is 4.76. The molecule has 0 aromatic heterocycles. The zero-order chi connectivity index (χ0) is 14.4. The van der Waals surface area contributed by atoms with Crippen molar-refractivity contribution < 1.29 is 19.4 Å². The lowest BCUT2D eigenvalue weighted by atomic mass is 10.0. The summed E-state index contributed by atoms with van der Waals surface area (Å²) in [4.78, 5) is 12.5. The molecule has 1 rings (SSSR count). The Balaban J connectivity index is 3.21. The average Bonchev–Trinajstić information content (AvgIpc) is 2.45. The van der Waals surface area contributed by atoms with E-state index in [1.54, 1.807) is 20.1 Å². The quantitative estimate of drug-likeness (QED) is 0.643. The third-order valence-corrected chi connectivity index (χ3v) is 3.61. The van der Waals surface area contributed by atoms with E-state index in [-0.39, 0.29) is 6.61 Å². The number of aryl methyl sites for hydroxylation is 1. The van der Waals surface area contributed by atoms with E-state index in [1.807, 2.05) is 19.2 Å². The molecule has 4 nitrogen and oxygen atoms in total. The van der Waals surface area contributed by atoms with Crippen molar-refractivity contribution >= 4 is 17.7 Å². The second kappa shape index (κ2) is 7.40. The second-order valence-electron chi connectivity index (χ2n) is 3.91. The van der Waals surface area contributed by atoms with Crippen molar-refractivity contribution in [2.45, 2.75) is 31.3 Å². The van der Waals surface area contributed by atoms with Gasteiger partial charge in [-0.05, 0) is 37.3 Å². The lowest BCUT2D eigenvalue weighted by molar-refractivity contribution is -0.153. The van der Waals surface area contributed by atoms with E-state index < -0.39 is 12.1 Å². The van der Waals surface area contributed by atoms with Gasteiger partial charge in [0.2, 0.25) is 0 Å². The monoisotopic (exact) mass is 284 g/mol. The Kier molecular flexibility index (Phi) is 6.18. The third-order valence-electron chi connectivity index (χ3n) is 2.82. The van der Waals surface area contributed by atoms with Gasteiger partial charge in [-0.3, -0.25) is 0 Å². The first kappa shape index (κ1) is 15.9. The van der Waals surface area contributed by atoms with Gasteiger partial charge in [0.1, 0.15) is 5.75 Å². The topological polar surface area (TPSA) is 55.8 Å². The molecule has 1 atom stereocenters. The normalized spacial score (nSPS) is 12.1. The minimum absolute atomic E-state index is 0.245. The highest BCUT2D eigenvalue weighted by atomic mass is 32.2. The molecule has 0 heterocycles. The van der Waals surface area contributed by atoms with Gasteiger partial charge in [-0.25, -0.2) is 4.79 Å². The van der Waals surface area contributed by atoms with E-state index in [4.69, 9.17) is 9.47 Å². The molecule has 1 aromatic rings. The molecule has 1 aromatic carbocycles. The number of methoxy groups -OCH3 is 1. The van der Waals surface area contributed by atoms with Crippen LogP contribution < -0.4 is 4.74 Å². The standard InChI is InChI=1S/C14H20O4S/c1-5-9-7-12(19-4)10(8-11(9)17-3)13(15)14(16)18-6-2/h7-8,13,15H,5-6H2,1-4H3. The molecule has 106 valence electrons. The zero-order valence-corrected chi connectivity index (χ0v) is 12.5. The fraction of sp³-hybridized carbons (Fsp3) is 0.500. The van der Waals surface area contributed by atoms with Crippen molar-refractivity contribution in [2.75, 3.05) is 20.0 Å². The summed E-state index contributed by atoms with van der Waals surface area (Å²) in [7, 11) is 1.58. The number of hydrogen-bond acceptors (Lipinski definition) is 5. The van der Waals surface area contributed by atoms with E-state index >= 15 is 0 Å². The van der Waals surface area contributed by atoms with Gasteiger partial charge in [0, 0.05) is 10.5 Å². The van der Waals surface area contributed by atoms with Crippen molar-refractivity contribution in [1.29, 1.82) is 0 Å². The summed E-state index contributed by atoms with van der Waals surface area (Å²) in [6.45, 7) is 3.99. The molecule has 0 fully saturated rings. The Morgan fingerprint density at radius 3 is 2.58 bits per heavy atom. The van der Waals surface area contributed by atoms with Crippen LogP contribution in [0.4, 0.5) is 0 Å². The van der Waals surface area contributed by atoms with E-state index in [0.717, 1.165) is 16.9 Å². The summed E-state index contributed by atoms with van der Waals surface area (Å²) in [6.07, 6.45) is 1.46. The summed E-state index contributed by atoms with van der Waals surface area (Å²) in [5.74, 6) is 0.0442. The predicted octanol–water partition coefficient (Wildman–Crippen LogP) is 2.58. The number of carbonyl (C=O) groups is 1. The summed E-state index contributed by atoms with van der Waals surface area (Å²) in [5, 5.41) is 10.1. The molecular weight excluding hydrogens is 264 g/mol. The molecule has 5 heteroatoms. The van der Waals surface area contributed by atoms with Gasteiger partial charge < -0.3 is 14.6 Å². The maximum Gasteiger partial charge on any atom is 0.339 e. The highest BCUT2D eigenvalue weighted by Crippen LogP contribution is 2.33. The van der Waals surface area contributed by atoms with E-state index in [0.29, 0.717) is 11.3 Å². The fourth-order valence-corrected chi connectivity index (χ4v) is 2.49. The summed E-state index contributed by atoms with van der Waals surface area (Å²) >= 11 is 1.48. The number of aliphatic hydroxyl groups is 1. The fourth-order valence-electron chi connectivity index (χ4n) is 1.82. The Morgan fingerprint density at radius 1 is 1.42 bits per heavy atom. The first-order valence-corrected chi connectivity index (χ1v) is 7.40. The maximum absolute atomic E-state index is 11.6. The minimum Gasteiger partial charge on any atom is -0.496 e. The molecule has 0 aliphatic carbocycles. The number of carbonyl (C=O) groups excluding carboxylic acids is 1. The Labute approximate surface area is 118 Å². The summed E-state index contributed by atoms with van der Waals surface area (Å²) in [6, 6.07) is 3.66. The highest BCUT2D eigenvalue weighted by molar-refractivity contribution is 7.98. The van der Waals surface area contributed by atoms with Crippen LogP contribution in [0, 0.1) is 0 Å². The number of thioether (sulfide) groups is 1. The van der Waals surface area contributed by atoms with E-state index in [1.165, 1.54) is 11.8 Å². The molecule has 0 aliphatic heterocycles. The molecule has 0 saturated heterocycles. The van der Waals surface area contributed by atoms with E-state index in [9.17, 15) is 9.90 Å². The van der Waals surface area contributed by atoms with Crippen LogP contribution in [0.15, 0.2) is 17.0 Å². The van der Waals surface area contributed by atoms with Crippen molar-refractivity contribution in [1.82, 2.24) is 0 Å². The van der Waals surface area contributed by atoms with Gasteiger partial charge >= 0.3 is 5.97 Å². The smallest absolute Gasteiger partial charge is 0.339 e. The summed E-state index contributed by atoms with van der Waals surface area (Å²) < 4.78 is 10.1. The first-order chi connectivity index (χ1) is 9.08. The molecular formula is C14H20O4S.